The zero-order valence-corrected chi connectivity index (χ0v) is 20.7. The Morgan fingerprint density at radius 1 is 0.892 bits per heavy atom. The van der Waals surface area contributed by atoms with Gasteiger partial charge in [0, 0.05) is 12.3 Å². The van der Waals surface area contributed by atoms with Gasteiger partial charge in [0.15, 0.2) is 0 Å². The molecule has 4 nitrogen and oxygen atoms in total. The van der Waals surface area contributed by atoms with Gasteiger partial charge in [0.1, 0.15) is 29.9 Å². The molecule has 2 aliphatic rings. The first-order chi connectivity index (χ1) is 18.0. The lowest BCUT2D eigenvalue weighted by Crippen LogP contribution is -2.40. The lowest BCUT2D eigenvalue weighted by atomic mass is 9.84. The van der Waals surface area contributed by atoms with Crippen LogP contribution in [0.2, 0.25) is 0 Å². The zero-order chi connectivity index (χ0) is 25.8. The number of para-hydroxylation sites is 1. The fourth-order valence-corrected chi connectivity index (χ4v) is 5.64. The summed E-state index contributed by atoms with van der Waals surface area (Å²) in [6, 6.07) is 19.0. The Kier molecular flexibility index (Phi) is 7.85. The van der Waals surface area contributed by atoms with Crippen LogP contribution in [0, 0.1) is 17.6 Å². The van der Waals surface area contributed by atoms with Crippen LogP contribution in [0.1, 0.15) is 66.2 Å². The van der Waals surface area contributed by atoms with Crippen molar-refractivity contribution in [2.45, 2.75) is 56.5 Å². The second-order valence-electron chi connectivity index (χ2n) is 10.1. The highest BCUT2D eigenvalue weighted by atomic mass is 19.1. The smallest absolute Gasteiger partial charge is 0.315 e. The fraction of sp³-hybridized carbons (Fsp3) is 0.387. The molecule has 1 heterocycles. The van der Waals surface area contributed by atoms with E-state index in [2.05, 4.69) is 6.07 Å². The van der Waals surface area contributed by atoms with Crippen molar-refractivity contribution < 1.29 is 28.2 Å². The lowest BCUT2D eigenvalue weighted by Gasteiger charge is -2.28. The molecule has 2 fully saturated rings. The molecule has 0 radical (unpaired) electrons. The summed E-state index contributed by atoms with van der Waals surface area (Å²) in [4.78, 5) is 12.3. The summed E-state index contributed by atoms with van der Waals surface area (Å²) in [5, 5.41) is 10.4. The summed E-state index contributed by atoms with van der Waals surface area (Å²) < 4.78 is 39.0. The van der Waals surface area contributed by atoms with Crippen molar-refractivity contribution in [3.05, 3.63) is 101 Å². The standard InChI is InChI=1S/C31H32F2O4/c32-24-12-8-21(9-13-24)27(22-10-14-25(33)15-11-22)18-23-6-3-7-26(20-4-1-2-5-20)30(23)37-19-28-29(34)16-17-36-31(28)35/h3,6-15,20,27-29,34H,1-2,4-5,16-19H2/t28-,29+/m0/s1. The van der Waals surface area contributed by atoms with Crippen LogP contribution in [0.4, 0.5) is 8.78 Å². The molecule has 0 spiro atoms. The minimum Gasteiger partial charge on any atom is -0.492 e. The normalized spacial score (nSPS) is 20.3. The van der Waals surface area contributed by atoms with Crippen LogP contribution in [-0.2, 0) is 16.0 Å². The predicted octanol–water partition coefficient (Wildman–Crippen LogP) is 6.30. The van der Waals surface area contributed by atoms with Gasteiger partial charge in [-0.3, -0.25) is 4.79 Å². The number of hydrogen-bond donors (Lipinski definition) is 1. The third kappa shape index (κ3) is 5.85. The molecule has 194 valence electrons. The van der Waals surface area contributed by atoms with Gasteiger partial charge in [0.05, 0.1) is 12.7 Å². The summed E-state index contributed by atoms with van der Waals surface area (Å²) in [6.45, 7) is 0.256. The number of aliphatic hydroxyl groups is 1. The van der Waals surface area contributed by atoms with Gasteiger partial charge in [0.2, 0.25) is 0 Å². The number of hydrogen-bond acceptors (Lipinski definition) is 4. The van der Waals surface area contributed by atoms with Crippen molar-refractivity contribution in [2.24, 2.45) is 5.92 Å². The molecule has 2 atom stereocenters. The highest BCUT2D eigenvalue weighted by Crippen LogP contribution is 2.42. The second kappa shape index (κ2) is 11.4. The number of carbonyl (C=O) groups is 1. The van der Waals surface area contributed by atoms with Gasteiger partial charge in [0.25, 0.3) is 0 Å². The molecule has 0 amide bonds. The zero-order valence-electron chi connectivity index (χ0n) is 20.7. The summed E-state index contributed by atoms with van der Waals surface area (Å²) in [7, 11) is 0. The summed E-state index contributed by atoms with van der Waals surface area (Å²) in [6.07, 6.45) is 4.62. The van der Waals surface area contributed by atoms with Gasteiger partial charge in [-0.25, -0.2) is 8.78 Å². The van der Waals surface area contributed by atoms with Crippen molar-refractivity contribution in [1.82, 2.24) is 0 Å². The molecule has 1 saturated heterocycles. The van der Waals surface area contributed by atoms with Crippen molar-refractivity contribution >= 4 is 5.97 Å². The van der Waals surface area contributed by atoms with Crippen LogP contribution in [0.25, 0.3) is 0 Å². The third-order valence-electron chi connectivity index (χ3n) is 7.72. The van der Waals surface area contributed by atoms with Crippen LogP contribution in [-0.4, -0.2) is 30.4 Å². The molecule has 0 unspecified atom stereocenters. The van der Waals surface area contributed by atoms with Gasteiger partial charge < -0.3 is 14.6 Å². The molecule has 1 aliphatic carbocycles. The Hall–Kier alpha value is -3.25. The first-order valence-electron chi connectivity index (χ1n) is 13.1. The maximum Gasteiger partial charge on any atom is 0.315 e. The van der Waals surface area contributed by atoms with E-state index in [9.17, 15) is 18.7 Å². The van der Waals surface area contributed by atoms with E-state index in [0.717, 1.165) is 53.7 Å². The summed E-state index contributed by atoms with van der Waals surface area (Å²) in [5.41, 5.74) is 3.90. The van der Waals surface area contributed by atoms with Gasteiger partial charge in [-0.2, -0.15) is 0 Å². The van der Waals surface area contributed by atoms with Crippen molar-refractivity contribution in [3.8, 4) is 5.75 Å². The van der Waals surface area contributed by atoms with Crippen molar-refractivity contribution in [2.75, 3.05) is 13.2 Å². The van der Waals surface area contributed by atoms with E-state index in [1.54, 1.807) is 24.3 Å². The van der Waals surface area contributed by atoms with Crippen LogP contribution < -0.4 is 4.74 Å². The van der Waals surface area contributed by atoms with Gasteiger partial charge in [-0.1, -0.05) is 55.3 Å². The maximum absolute atomic E-state index is 13.7. The van der Waals surface area contributed by atoms with E-state index in [1.807, 2.05) is 12.1 Å². The summed E-state index contributed by atoms with van der Waals surface area (Å²) >= 11 is 0. The number of carbonyl (C=O) groups excluding carboxylic acids is 1. The average Bonchev–Trinajstić information content (AvgIpc) is 3.44. The largest absolute Gasteiger partial charge is 0.492 e. The first kappa shape index (κ1) is 25.4. The molecule has 1 N–H and O–H groups in total. The number of benzene rings is 3. The number of esters is 1. The van der Waals surface area contributed by atoms with Crippen LogP contribution in [0.15, 0.2) is 66.7 Å². The fourth-order valence-electron chi connectivity index (χ4n) is 5.64. The maximum atomic E-state index is 13.7. The molecule has 1 aliphatic heterocycles. The molecule has 0 aromatic heterocycles. The molecular formula is C31H32F2O4. The molecule has 0 bridgehead atoms. The summed E-state index contributed by atoms with van der Waals surface area (Å²) in [5.74, 6) is -0.842. The Morgan fingerprint density at radius 2 is 1.51 bits per heavy atom. The Morgan fingerprint density at radius 3 is 2.11 bits per heavy atom. The quantitative estimate of drug-likeness (QED) is 0.364. The number of cyclic esters (lactones) is 1. The average molecular weight is 507 g/mol. The van der Waals surface area contributed by atoms with Crippen LogP contribution >= 0.6 is 0 Å². The number of halogens is 2. The minimum absolute atomic E-state index is 0.0362. The van der Waals surface area contributed by atoms with E-state index in [4.69, 9.17) is 9.47 Å². The molecular weight excluding hydrogens is 474 g/mol. The number of ether oxygens (including phenoxy) is 2. The minimum atomic E-state index is -0.797. The van der Waals surface area contributed by atoms with Gasteiger partial charge in [-0.05, 0) is 71.7 Å². The molecule has 5 rings (SSSR count). The van der Waals surface area contributed by atoms with E-state index in [1.165, 1.54) is 24.3 Å². The monoisotopic (exact) mass is 506 g/mol. The molecule has 1 saturated carbocycles. The van der Waals surface area contributed by atoms with E-state index in [-0.39, 0.29) is 30.8 Å². The topological polar surface area (TPSA) is 55.8 Å². The number of aliphatic hydroxyl groups excluding tert-OH is 1. The Bertz CT molecular complexity index is 1160. The molecule has 3 aromatic carbocycles. The third-order valence-corrected chi connectivity index (χ3v) is 7.72. The molecule has 37 heavy (non-hydrogen) atoms. The molecule has 6 heteroatoms. The van der Waals surface area contributed by atoms with E-state index >= 15 is 0 Å². The number of rotatable bonds is 8. The lowest BCUT2D eigenvalue weighted by molar-refractivity contribution is -0.162. The highest BCUT2D eigenvalue weighted by molar-refractivity contribution is 5.74. The van der Waals surface area contributed by atoms with Crippen molar-refractivity contribution in [3.63, 3.8) is 0 Å². The van der Waals surface area contributed by atoms with Gasteiger partial charge >= 0.3 is 5.97 Å². The van der Waals surface area contributed by atoms with E-state index < -0.39 is 18.0 Å². The van der Waals surface area contributed by atoms with E-state index in [0.29, 0.717) is 18.8 Å². The SMILES string of the molecule is O=C1OCC[C@@H](O)[C@@H]1COc1c(CC(c2ccc(F)cc2)c2ccc(F)cc2)cccc1C1CCCC1. The van der Waals surface area contributed by atoms with Crippen LogP contribution in [0.3, 0.4) is 0 Å². The van der Waals surface area contributed by atoms with Gasteiger partial charge in [-0.15, -0.1) is 0 Å². The van der Waals surface area contributed by atoms with Crippen LogP contribution in [0.5, 0.6) is 5.75 Å². The second-order valence-corrected chi connectivity index (χ2v) is 10.1. The molecule has 3 aromatic rings. The highest BCUT2D eigenvalue weighted by Gasteiger charge is 2.34. The predicted molar refractivity (Wildman–Crippen MR) is 137 cm³/mol. The van der Waals surface area contributed by atoms with Crippen molar-refractivity contribution in [1.29, 1.82) is 0 Å². The first-order valence-corrected chi connectivity index (χ1v) is 13.1. The Labute approximate surface area is 216 Å². The Balaban J connectivity index is 1.51.